The quantitative estimate of drug-likeness (QED) is 0.305. The van der Waals surface area contributed by atoms with Crippen LogP contribution in [0.4, 0.5) is 5.69 Å². The Labute approximate surface area is 210 Å². The van der Waals surface area contributed by atoms with Gasteiger partial charge in [-0.1, -0.05) is 56.3 Å². The molecule has 0 unspecified atom stereocenters. The maximum Gasteiger partial charge on any atom is 0.309 e. The Bertz CT molecular complexity index is 1360. The Kier molecular flexibility index (Phi) is 7.49. The number of esters is 1. The molecule has 1 N–H and O–H groups in total. The third kappa shape index (κ3) is 5.63. The summed E-state index contributed by atoms with van der Waals surface area (Å²) in [6.07, 6.45) is 0.447. The smallest absolute Gasteiger partial charge is 0.309 e. The predicted molar refractivity (Wildman–Crippen MR) is 140 cm³/mol. The van der Waals surface area contributed by atoms with Crippen LogP contribution in [0, 0.1) is 5.92 Å². The van der Waals surface area contributed by atoms with Crippen molar-refractivity contribution in [1.29, 1.82) is 0 Å². The molecule has 0 aliphatic carbocycles. The highest BCUT2D eigenvalue weighted by molar-refractivity contribution is 5.92. The summed E-state index contributed by atoms with van der Waals surface area (Å²) >= 11 is 0. The summed E-state index contributed by atoms with van der Waals surface area (Å²) in [6.45, 7) is 5.37. The molecule has 3 aromatic carbocycles. The number of carbonyl (C=O) groups excluding carboxylic acids is 2. The lowest BCUT2D eigenvalue weighted by Crippen LogP contribution is -2.13. The van der Waals surface area contributed by atoms with Crippen LogP contribution in [-0.4, -0.2) is 28.8 Å². The number of amides is 1. The fourth-order valence-corrected chi connectivity index (χ4v) is 3.91. The van der Waals surface area contributed by atoms with Crippen LogP contribution in [0.5, 0.6) is 11.6 Å². The Morgan fingerprint density at radius 3 is 2.31 bits per heavy atom. The molecule has 0 radical (unpaired) electrons. The van der Waals surface area contributed by atoms with Crippen LogP contribution in [0.1, 0.15) is 27.2 Å². The summed E-state index contributed by atoms with van der Waals surface area (Å²) in [5.41, 5.74) is 4.32. The lowest BCUT2D eigenvalue weighted by atomic mass is 10.0. The van der Waals surface area contributed by atoms with Gasteiger partial charge in [0.1, 0.15) is 11.4 Å². The number of aromatic nitrogens is 2. The second-order valence-electron chi connectivity index (χ2n) is 8.83. The fourth-order valence-electron chi connectivity index (χ4n) is 3.91. The molecule has 0 spiro atoms. The van der Waals surface area contributed by atoms with E-state index in [0.717, 1.165) is 16.8 Å². The molecule has 1 amide bonds. The summed E-state index contributed by atoms with van der Waals surface area (Å²) in [5.74, 6) is 0.772. The van der Waals surface area contributed by atoms with E-state index < -0.39 is 5.97 Å². The van der Waals surface area contributed by atoms with E-state index in [0.29, 0.717) is 35.0 Å². The SMILES string of the molecule is COc1cccc(-c2nn(-c3ccccc3)c(OC(C)=O)c2-c2ccc(NC(=O)CC(C)C)cc2)c1. The van der Waals surface area contributed by atoms with E-state index in [1.54, 1.807) is 11.8 Å². The summed E-state index contributed by atoms with van der Waals surface area (Å²) in [5, 5.41) is 7.80. The van der Waals surface area contributed by atoms with E-state index in [2.05, 4.69) is 5.32 Å². The number of hydrogen-bond acceptors (Lipinski definition) is 5. The van der Waals surface area contributed by atoms with Gasteiger partial charge >= 0.3 is 5.97 Å². The number of benzene rings is 3. The molecular weight excluding hydrogens is 454 g/mol. The topological polar surface area (TPSA) is 82.4 Å². The molecule has 4 rings (SSSR count). The highest BCUT2D eigenvalue weighted by atomic mass is 16.5. The standard InChI is InChI=1S/C29H29N3O4/c1-19(2)17-26(34)30-23-15-13-21(14-16-23)27-28(22-9-8-12-25(18-22)35-4)31-32(29(27)36-20(3)33)24-10-6-5-7-11-24/h5-16,18-19H,17H2,1-4H3,(H,30,34). The fraction of sp³-hybridized carbons (Fsp3) is 0.207. The van der Waals surface area contributed by atoms with E-state index in [1.165, 1.54) is 6.92 Å². The largest absolute Gasteiger partial charge is 0.497 e. The first-order valence-corrected chi connectivity index (χ1v) is 11.8. The normalized spacial score (nSPS) is 10.8. The molecule has 1 heterocycles. The molecular formula is C29H29N3O4. The average molecular weight is 484 g/mol. The van der Waals surface area contributed by atoms with Crippen LogP contribution >= 0.6 is 0 Å². The Hall–Kier alpha value is -4.39. The molecule has 7 nitrogen and oxygen atoms in total. The van der Waals surface area contributed by atoms with Gasteiger partial charge in [-0.2, -0.15) is 9.78 Å². The summed E-state index contributed by atoms with van der Waals surface area (Å²) in [7, 11) is 1.61. The number of nitrogens with one attached hydrogen (secondary N) is 1. The number of nitrogens with zero attached hydrogens (tertiary/aromatic N) is 2. The van der Waals surface area contributed by atoms with Crippen LogP contribution < -0.4 is 14.8 Å². The van der Waals surface area contributed by atoms with Gasteiger partial charge in [0, 0.05) is 24.6 Å². The number of rotatable bonds is 8. The number of methoxy groups -OCH3 is 1. The van der Waals surface area contributed by atoms with E-state index in [-0.39, 0.29) is 11.8 Å². The number of hydrogen-bond donors (Lipinski definition) is 1. The minimum absolute atomic E-state index is 0.0349. The average Bonchev–Trinajstić information content (AvgIpc) is 3.23. The molecule has 1 aromatic heterocycles. The molecule has 7 heteroatoms. The van der Waals surface area contributed by atoms with Crippen molar-refractivity contribution in [1.82, 2.24) is 9.78 Å². The monoisotopic (exact) mass is 483 g/mol. The third-order valence-corrected chi connectivity index (χ3v) is 5.48. The first-order chi connectivity index (χ1) is 17.4. The van der Waals surface area contributed by atoms with Gasteiger partial charge in [0.2, 0.25) is 11.8 Å². The van der Waals surface area contributed by atoms with E-state index in [1.807, 2.05) is 92.7 Å². The Balaban J connectivity index is 1.87. The van der Waals surface area contributed by atoms with Gasteiger partial charge in [0.05, 0.1) is 18.4 Å². The maximum absolute atomic E-state index is 12.2. The van der Waals surface area contributed by atoms with Crippen molar-refractivity contribution in [2.45, 2.75) is 27.2 Å². The van der Waals surface area contributed by atoms with E-state index in [4.69, 9.17) is 14.6 Å². The minimum atomic E-state index is -0.455. The number of carbonyl (C=O) groups is 2. The van der Waals surface area contributed by atoms with Crippen LogP contribution in [0.2, 0.25) is 0 Å². The Morgan fingerprint density at radius 1 is 0.944 bits per heavy atom. The van der Waals surface area contributed by atoms with Gasteiger partial charge in [0.25, 0.3) is 0 Å². The molecule has 0 aliphatic rings. The van der Waals surface area contributed by atoms with Crippen LogP contribution in [0.15, 0.2) is 78.9 Å². The highest BCUT2D eigenvalue weighted by Gasteiger charge is 2.25. The van der Waals surface area contributed by atoms with Gasteiger partial charge in [-0.3, -0.25) is 9.59 Å². The maximum atomic E-state index is 12.2. The van der Waals surface area contributed by atoms with Gasteiger partial charge in [-0.05, 0) is 47.9 Å². The molecule has 0 aliphatic heterocycles. The molecule has 0 bridgehead atoms. The second kappa shape index (κ2) is 10.9. The predicted octanol–water partition coefficient (Wildman–Crippen LogP) is 6.12. The van der Waals surface area contributed by atoms with Crippen molar-refractivity contribution in [3.05, 3.63) is 78.9 Å². The van der Waals surface area contributed by atoms with Crippen molar-refractivity contribution in [3.8, 4) is 39.7 Å². The van der Waals surface area contributed by atoms with Crippen LogP contribution in [-0.2, 0) is 9.59 Å². The van der Waals surface area contributed by atoms with Crippen molar-refractivity contribution < 1.29 is 19.1 Å². The highest BCUT2D eigenvalue weighted by Crippen LogP contribution is 2.41. The van der Waals surface area contributed by atoms with Crippen molar-refractivity contribution in [3.63, 3.8) is 0 Å². The van der Waals surface area contributed by atoms with Gasteiger partial charge in [0.15, 0.2) is 0 Å². The van der Waals surface area contributed by atoms with Crippen molar-refractivity contribution in [2.24, 2.45) is 5.92 Å². The van der Waals surface area contributed by atoms with Crippen LogP contribution in [0.3, 0.4) is 0 Å². The zero-order chi connectivity index (χ0) is 25.7. The Morgan fingerprint density at radius 2 is 1.67 bits per heavy atom. The van der Waals surface area contributed by atoms with Crippen molar-refractivity contribution in [2.75, 3.05) is 12.4 Å². The lowest BCUT2D eigenvalue weighted by Gasteiger charge is -2.11. The molecule has 0 saturated heterocycles. The number of ether oxygens (including phenoxy) is 2. The van der Waals surface area contributed by atoms with Gasteiger partial charge in [-0.25, -0.2) is 0 Å². The van der Waals surface area contributed by atoms with Gasteiger partial charge < -0.3 is 14.8 Å². The summed E-state index contributed by atoms with van der Waals surface area (Å²) in [4.78, 5) is 24.4. The zero-order valence-electron chi connectivity index (χ0n) is 20.8. The number of para-hydroxylation sites is 1. The first kappa shape index (κ1) is 24.7. The van der Waals surface area contributed by atoms with E-state index in [9.17, 15) is 9.59 Å². The molecule has 0 fully saturated rings. The first-order valence-electron chi connectivity index (χ1n) is 11.8. The summed E-state index contributed by atoms with van der Waals surface area (Å²) in [6, 6.07) is 24.5. The second-order valence-corrected chi connectivity index (χ2v) is 8.83. The summed E-state index contributed by atoms with van der Waals surface area (Å²) < 4.78 is 12.8. The molecule has 0 atom stereocenters. The zero-order valence-corrected chi connectivity index (χ0v) is 20.8. The van der Waals surface area contributed by atoms with Crippen molar-refractivity contribution >= 4 is 17.6 Å². The molecule has 184 valence electrons. The molecule has 0 saturated carbocycles. The lowest BCUT2D eigenvalue weighted by molar-refractivity contribution is -0.132. The minimum Gasteiger partial charge on any atom is -0.497 e. The van der Waals surface area contributed by atoms with E-state index >= 15 is 0 Å². The molecule has 4 aromatic rings. The van der Waals surface area contributed by atoms with Crippen LogP contribution in [0.25, 0.3) is 28.1 Å². The third-order valence-electron chi connectivity index (χ3n) is 5.48. The number of anilines is 1. The molecule has 36 heavy (non-hydrogen) atoms. The van der Waals surface area contributed by atoms with Gasteiger partial charge in [-0.15, -0.1) is 0 Å².